The van der Waals surface area contributed by atoms with Crippen molar-refractivity contribution in [3.05, 3.63) is 107 Å². The minimum Gasteiger partial charge on any atom is -0.383 e. The fourth-order valence-electron chi connectivity index (χ4n) is 5.82. The Labute approximate surface area is 240 Å². The SMILES string of the molecule is Nc1ncccc1-c1nc2ccc(-n3cccn3)nc2n1-c1ccc2c(c1)CC[C@@H]2NC(=O)c1cnc2c(c1)COC2. The molecule has 11 nitrogen and oxygen atoms in total. The van der Waals surface area contributed by atoms with Gasteiger partial charge in [-0.1, -0.05) is 6.07 Å². The molecule has 1 aromatic carbocycles. The van der Waals surface area contributed by atoms with E-state index in [1.54, 1.807) is 23.3 Å². The van der Waals surface area contributed by atoms with E-state index in [1.165, 1.54) is 0 Å². The number of nitrogen functional groups attached to an aromatic ring is 1. The number of hydrogen-bond donors (Lipinski definition) is 2. The zero-order valence-corrected chi connectivity index (χ0v) is 22.4. The highest BCUT2D eigenvalue weighted by Gasteiger charge is 2.27. The summed E-state index contributed by atoms with van der Waals surface area (Å²) in [6, 6.07) is 17.5. The van der Waals surface area contributed by atoms with Gasteiger partial charge in [0, 0.05) is 36.0 Å². The minimum absolute atomic E-state index is 0.0939. The molecule has 1 atom stereocenters. The summed E-state index contributed by atoms with van der Waals surface area (Å²) in [5, 5.41) is 7.55. The molecule has 0 bridgehead atoms. The molecule has 0 saturated heterocycles. The number of carbonyl (C=O) groups is 1. The summed E-state index contributed by atoms with van der Waals surface area (Å²) in [4.78, 5) is 31.7. The van der Waals surface area contributed by atoms with E-state index >= 15 is 0 Å². The molecule has 8 rings (SSSR count). The van der Waals surface area contributed by atoms with Gasteiger partial charge in [-0.15, -0.1) is 0 Å². The summed E-state index contributed by atoms with van der Waals surface area (Å²) < 4.78 is 9.18. The number of pyridine rings is 3. The van der Waals surface area contributed by atoms with Crippen LogP contribution < -0.4 is 11.1 Å². The van der Waals surface area contributed by atoms with Crippen molar-refractivity contribution in [2.45, 2.75) is 32.1 Å². The van der Waals surface area contributed by atoms with Gasteiger partial charge in [0.25, 0.3) is 5.91 Å². The van der Waals surface area contributed by atoms with Gasteiger partial charge in [0.2, 0.25) is 0 Å². The highest BCUT2D eigenvalue weighted by Crippen LogP contribution is 2.36. The molecule has 5 aromatic heterocycles. The van der Waals surface area contributed by atoms with Gasteiger partial charge in [-0.25, -0.2) is 19.6 Å². The molecule has 42 heavy (non-hydrogen) atoms. The van der Waals surface area contributed by atoms with E-state index in [4.69, 9.17) is 20.4 Å². The Balaban J connectivity index is 1.18. The van der Waals surface area contributed by atoms with Gasteiger partial charge in [0.05, 0.1) is 36.1 Å². The van der Waals surface area contributed by atoms with Gasteiger partial charge < -0.3 is 15.8 Å². The number of rotatable bonds is 5. The Bertz CT molecular complexity index is 2000. The predicted octanol–water partition coefficient (Wildman–Crippen LogP) is 4.09. The topological polar surface area (TPSA) is 139 Å². The lowest BCUT2D eigenvalue weighted by molar-refractivity contribution is 0.0936. The molecular weight excluding hydrogens is 530 g/mol. The number of aromatic nitrogens is 7. The molecule has 3 N–H and O–H groups in total. The lowest BCUT2D eigenvalue weighted by atomic mass is 10.1. The Kier molecular flexibility index (Phi) is 5.57. The molecular formula is C31H25N9O2. The standard InChI is InChI=1S/C31H25N9O2/c32-28-23(3-1-10-33-28)29-36-25-8-9-27(39-12-2-11-35-39)38-30(25)40(29)21-5-6-22-18(14-21)4-7-24(22)37-31(41)19-13-20-16-42-17-26(20)34-15-19/h1-3,5-6,8-15,24H,4,7,16-17H2,(H2,32,33)(H,37,41)/t24-/m0/s1. The maximum absolute atomic E-state index is 13.1. The highest BCUT2D eigenvalue weighted by molar-refractivity contribution is 5.94. The summed E-state index contributed by atoms with van der Waals surface area (Å²) in [5.41, 5.74) is 14.0. The average Bonchev–Trinajstić information content (AvgIpc) is 3.83. The summed E-state index contributed by atoms with van der Waals surface area (Å²) in [5.74, 6) is 1.58. The molecule has 206 valence electrons. The van der Waals surface area contributed by atoms with Crippen LogP contribution in [0.25, 0.3) is 34.1 Å². The first kappa shape index (κ1) is 24.4. The second kappa shape index (κ2) is 9.60. The first-order chi connectivity index (χ1) is 20.6. The van der Waals surface area contributed by atoms with E-state index in [0.29, 0.717) is 41.9 Å². The monoisotopic (exact) mass is 555 g/mol. The fraction of sp³-hybridized carbons (Fsp3) is 0.161. The number of benzene rings is 1. The van der Waals surface area contributed by atoms with Crippen molar-refractivity contribution < 1.29 is 9.53 Å². The molecule has 0 unspecified atom stereocenters. The summed E-state index contributed by atoms with van der Waals surface area (Å²) in [7, 11) is 0. The molecule has 0 spiro atoms. The van der Waals surface area contributed by atoms with E-state index in [0.717, 1.165) is 52.0 Å². The van der Waals surface area contributed by atoms with Gasteiger partial charge in [-0.05, 0) is 72.5 Å². The third kappa shape index (κ3) is 4.01. The molecule has 6 aromatic rings. The third-order valence-electron chi connectivity index (χ3n) is 7.89. The average molecular weight is 556 g/mol. The van der Waals surface area contributed by atoms with Crippen LogP contribution in [0.2, 0.25) is 0 Å². The lowest BCUT2D eigenvalue weighted by Crippen LogP contribution is -2.27. The number of imidazole rings is 1. The predicted molar refractivity (Wildman–Crippen MR) is 155 cm³/mol. The number of amides is 1. The first-order valence-electron chi connectivity index (χ1n) is 13.7. The summed E-state index contributed by atoms with van der Waals surface area (Å²) >= 11 is 0. The molecule has 1 aliphatic carbocycles. The summed E-state index contributed by atoms with van der Waals surface area (Å²) in [6.45, 7) is 0.989. The number of hydrogen-bond acceptors (Lipinski definition) is 8. The van der Waals surface area contributed by atoms with Crippen molar-refractivity contribution >= 4 is 22.9 Å². The van der Waals surface area contributed by atoms with E-state index in [9.17, 15) is 4.79 Å². The Morgan fingerprint density at radius 3 is 2.83 bits per heavy atom. The lowest BCUT2D eigenvalue weighted by Gasteiger charge is -2.16. The van der Waals surface area contributed by atoms with Gasteiger partial charge in [0.15, 0.2) is 17.3 Å². The molecule has 11 heteroatoms. The number of nitrogens with one attached hydrogen (secondary N) is 1. The van der Waals surface area contributed by atoms with Crippen molar-refractivity contribution in [2.75, 3.05) is 5.73 Å². The Hall–Kier alpha value is -5.42. The smallest absolute Gasteiger partial charge is 0.253 e. The zero-order valence-electron chi connectivity index (χ0n) is 22.4. The quantitative estimate of drug-likeness (QED) is 0.324. The van der Waals surface area contributed by atoms with Crippen LogP contribution in [0.5, 0.6) is 0 Å². The van der Waals surface area contributed by atoms with Crippen molar-refractivity contribution in [3.8, 4) is 22.9 Å². The first-order valence-corrected chi connectivity index (χ1v) is 13.7. The number of aryl methyl sites for hydroxylation is 1. The van der Waals surface area contributed by atoms with E-state index in [1.807, 2.05) is 53.2 Å². The van der Waals surface area contributed by atoms with Crippen LogP contribution in [0, 0.1) is 0 Å². The van der Waals surface area contributed by atoms with E-state index < -0.39 is 0 Å². The van der Waals surface area contributed by atoms with Gasteiger partial charge in [-0.2, -0.15) is 5.10 Å². The molecule has 0 fully saturated rings. The van der Waals surface area contributed by atoms with Crippen molar-refractivity contribution in [1.82, 2.24) is 39.6 Å². The van der Waals surface area contributed by atoms with Crippen LogP contribution in [-0.2, 0) is 24.4 Å². The second-order valence-electron chi connectivity index (χ2n) is 10.4. The largest absolute Gasteiger partial charge is 0.383 e. The van der Waals surface area contributed by atoms with E-state index in [2.05, 4.69) is 32.5 Å². The van der Waals surface area contributed by atoms with Crippen LogP contribution in [0.15, 0.2) is 79.4 Å². The fourth-order valence-corrected chi connectivity index (χ4v) is 5.82. The molecule has 1 amide bonds. The normalized spacial score (nSPS) is 15.6. The zero-order chi connectivity index (χ0) is 28.2. The summed E-state index contributed by atoms with van der Waals surface area (Å²) in [6.07, 6.45) is 8.49. The maximum Gasteiger partial charge on any atom is 0.253 e. The number of carbonyl (C=O) groups excluding carboxylic acids is 1. The van der Waals surface area contributed by atoms with Crippen molar-refractivity contribution in [3.63, 3.8) is 0 Å². The number of ether oxygens (including phenoxy) is 1. The minimum atomic E-state index is -0.135. The van der Waals surface area contributed by atoms with Gasteiger partial charge in [0.1, 0.15) is 11.3 Å². The second-order valence-corrected chi connectivity index (χ2v) is 10.4. The van der Waals surface area contributed by atoms with Gasteiger partial charge >= 0.3 is 0 Å². The molecule has 0 saturated carbocycles. The molecule has 6 heterocycles. The third-order valence-corrected chi connectivity index (χ3v) is 7.89. The van der Waals surface area contributed by atoms with Crippen molar-refractivity contribution in [2.24, 2.45) is 0 Å². The Morgan fingerprint density at radius 2 is 1.95 bits per heavy atom. The Morgan fingerprint density at radius 1 is 1.00 bits per heavy atom. The van der Waals surface area contributed by atoms with Gasteiger partial charge in [-0.3, -0.25) is 14.3 Å². The van der Waals surface area contributed by atoms with E-state index in [-0.39, 0.29) is 11.9 Å². The van der Waals surface area contributed by atoms with Crippen LogP contribution in [0.4, 0.5) is 5.82 Å². The number of nitrogens with zero attached hydrogens (tertiary/aromatic N) is 7. The van der Waals surface area contributed by atoms with Crippen molar-refractivity contribution in [1.29, 1.82) is 0 Å². The number of anilines is 1. The molecule has 1 aliphatic heterocycles. The van der Waals surface area contributed by atoms with Crippen LogP contribution in [0.3, 0.4) is 0 Å². The van der Waals surface area contributed by atoms with Crippen LogP contribution in [0.1, 0.15) is 45.2 Å². The maximum atomic E-state index is 13.1. The van der Waals surface area contributed by atoms with Crippen LogP contribution >= 0.6 is 0 Å². The molecule has 0 radical (unpaired) electrons. The highest BCUT2D eigenvalue weighted by atomic mass is 16.5. The molecule has 2 aliphatic rings. The van der Waals surface area contributed by atoms with Crippen LogP contribution in [-0.4, -0.2) is 40.2 Å². The number of fused-ring (bicyclic) bond motifs is 3. The number of nitrogens with two attached hydrogens (primary N) is 1.